The van der Waals surface area contributed by atoms with E-state index in [-0.39, 0.29) is 38.0 Å². The van der Waals surface area contributed by atoms with Gasteiger partial charge < -0.3 is 19.4 Å². The number of fused-ring (bicyclic) bond motifs is 3. The molecule has 2 aromatic rings. The Hall–Kier alpha value is -1.65. The lowest BCUT2D eigenvalue weighted by Crippen LogP contribution is -2.57. The van der Waals surface area contributed by atoms with Crippen LogP contribution in [0.2, 0.25) is 5.02 Å². The van der Waals surface area contributed by atoms with Gasteiger partial charge in [0.1, 0.15) is 16.4 Å². The third kappa shape index (κ3) is 3.98. The molecule has 2 fully saturated rings. The van der Waals surface area contributed by atoms with Crippen molar-refractivity contribution in [2.24, 2.45) is 0 Å². The first kappa shape index (κ1) is 22.5. The van der Waals surface area contributed by atoms with E-state index in [2.05, 4.69) is 25.9 Å². The van der Waals surface area contributed by atoms with Gasteiger partial charge in [0.15, 0.2) is 16.3 Å². The fourth-order valence-corrected chi connectivity index (χ4v) is 5.19. The maximum Gasteiger partial charge on any atom is 0.410 e. The number of methoxy groups -OCH3 is 1. The summed E-state index contributed by atoms with van der Waals surface area (Å²) in [6.45, 7) is 6.61. The van der Waals surface area contributed by atoms with Crippen molar-refractivity contribution in [1.29, 1.82) is 0 Å². The predicted octanol–water partition coefficient (Wildman–Crippen LogP) is 5.44. The minimum Gasteiger partial charge on any atom is -0.494 e. The van der Waals surface area contributed by atoms with Crippen LogP contribution in [0.5, 0.6) is 5.75 Å². The summed E-state index contributed by atoms with van der Waals surface area (Å²) < 4.78 is 26.4. The van der Waals surface area contributed by atoms with Crippen LogP contribution in [0.15, 0.2) is 4.47 Å². The van der Waals surface area contributed by atoms with Gasteiger partial charge in [-0.15, -0.1) is 0 Å². The summed E-state index contributed by atoms with van der Waals surface area (Å²) in [7, 11) is 1.47. The van der Waals surface area contributed by atoms with Crippen LogP contribution < -0.4 is 9.64 Å². The summed E-state index contributed by atoms with van der Waals surface area (Å²) >= 11 is 14.8. The zero-order chi connectivity index (χ0) is 22.7. The Morgan fingerprint density at radius 1 is 1.32 bits per heavy atom. The Bertz CT molecular complexity index is 1110. The number of nitrogens with one attached hydrogen (secondary N) is 1. The van der Waals surface area contributed by atoms with Gasteiger partial charge in [-0.05, 0) is 61.8 Å². The molecule has 7 nitrogen and oxygen atoms in total. The number of anilines is 1. The fourth-order valence-electron chi connectivity index (χ4n) is 4.37. The lowest BCUT2D eigenvalue weighted by atomic mass is 10.1. The number of amides is 1. The van der Waals surface area contributed by atoms with Gasteiger partial charge in [0.25, 0.3) is 0 Å². The number of nitrogens with zero attached hydrogens (tertiary/aromatic N) is 3. The van der Waals surface area contributed by atoms with Crippen LogP contribution in [-0.2, 0) is 4.74 Å². The number of H-pyrrole nitrogens is 1. The van der Waals surface area contributed by atoms with Crippen molar-refractivity contribution in [3.63, 3.8) is 0 Å². The molecule has 0 aliphatic carbocycles. The molecule has 3 heterocycles. The highest BCUT2D eigenvalue weighted by atomic mass is 79.9. The Morgan fingerprint density at radius 3 is 2.48 bits per heavy atom. The molecule has 2 atom stereocenters. The molecule has 0 radical (unpaired) electrons. The smallest absolute Gasteiger partial charge is 0.410 e. The van der Waals surface area contributed by atoms with Crippen molar-refractivity contribution in [1.82, 2.24) is 14.9 Å². The summed E-state index contributed by atoms with van der Waals surface area (Å²) in [5, 5.41) is 0.545. The zero-order valence-electron chi connectivity index (χ0n) is 17.6. The van der Waals surface area contributed by atoms with E-state index >= 15 is 4.39 Å². The van der Waals surface area contributed by atoms with Gasteiger partial charge in [-0.3, -0.25) is 4.90 Å². The molecule has 2 saturated heterocycles. The minimum absolute atomic E-state index is 0.0371. The SMILES string of the molecule is COc1c(Cl)c(Br)c(F)c2[nH]c(=S)nc(N3CC4CCC(C3)N4C(=O)OC(C)(C)C)c12. The molecule has 2 bridgehead atoms. The first-order valence-electron chi connectivity index (χ1n) is 9.92. The Kier molecular flexibility index (Phi) is 5.85. The number of aromatic nitrogens is 2. The number of carbonyl (C=O) groups is 1. The van der Waals surface area contributed by atoms with E-state index in [1.54, 1.807) is 0 Å². The highest BCUT2D eigenvalue weighted by Gasteiger charge is 2.45. The van der Waals surface area contributed by atoms with Crippen LogP contribution in [0.4, 0.5) is 15.0 Å². The number of carbonyl (C=O) groups excluding carboxylic acids is 1. The van der Waals surface area contributed by atoms with Gasteiger partial charge >= 0.3 is 6.09 Å². The van der Waals surface area contributed by atoms with E-state index in [1.165, 1.54) is 7.11 Å². The maximum absolute atomic E-state index is 15.0. The zero-order valence-corrected chi connectivity index (χ0v) is 20.8. The number of piperazine rings is 1. The van der Waals surface area contributed by atoms with Crippen LogP contribution in [-0.4, -0.2) is 58.8 Å². The molecule has 2 aliphatic heterocycles. The van der Waals surface area contributed by atoms with E-state index in [0.29, 0.717) is 30.0 Å². The first-order valence-corrected chi connectivity index (χ1v) is 11.5. The first-order chi connectivity index (χ1) is 14.5. The van der Waals surface area contributed by atoms with Crippen molar-refractivity contribution >= 4 is 62.6 Å². The van der Waals surface area contributed by atoms with Crippen LogP contribution in [0.3, 0.4) is 0 Å². The van der Waals surface area contributed by atoms with E-state index < -0.39 is 11.4 Å². The minimum atomic E-state index is -0.564. The number of hydrogen-bond acceptors (Lipinski definition) is 6. The normalized spacial score (nSPS) is 21.0. The average Bonchev–Trinajstić information content (AvgIpc) is 2.95. The van der Waals surface area contributed by atoms with Crippen molar-refractivity contribution in [3.05, 3.63) is 20.1 Å². The second kappa shape index (κ2) is 8.04. The molecule has 31 heavy (non-hydrogen) atoms. The standard InChI is InChI=1S/C20H23BrClFN4O3S/c1-20(2,3)30-19(28)27-9-5-6-10(27)8-26(7-9)17-11-15(24-18(31)25-17)14(23)12(21)13(22)16(11)29-4/h9-10H,5-8H2,1-4H3,(H,24,25,31). The number of benzene rings is 1. The molecule has 0 spiro atoms. The molecule has 4 rings (SSSR count). The number of rotatable bonds is 2. The third-order valence-corrected chi connectivity index (χ3v) is 7.06. The quantitative estimate of drug-likeness (QED) is 0.409. The topological polar surface area (TPSA) is 70.7 Å². The molecule has 11 heteroatoms. The molecule has 2 unspecified atom stereocenters. The van der Waals surface area contributed by atoms with Gasteiger partial charge in [-0.1, -0.05) is 11.6 Å². The summed E-state index contributed by atoms with van der Waals surface area (Å²) in [4.78, 5) is 23.9. The van der Waals surface area contributed by atoms with Gasteiger partial charge in [0.2, 0.25) is 0 Å². The molecular formula is C20H23BrClFN4O3S. The Morgan fingerprint density at radius 2 is 1.94 bits per heavy atom. The van der Waals surface area contributed by atoms with E-state index in [0.717, 1.165) is 12.8 Å². The number of aromatic amines is 1. The Labute approximate surface area is 198 Å². The highest BCUT2D eigenvalue weighted by molar-refractivity contribution is 9.10. The lowest BCUT2D eigenvalue weighted by Gasteiger charge is -2.42. The molecule has 2 aliphatic rings. The summed E-state index contributed by atoms with van der Waals surface area (Å²) in [5.41, 5.74) is -0.391. The van der Waals surface area contributed by atoms with Crippen molar-refractivity contribution in [2.75, 3.05) is 25.1 Å². The summed E-state index contributed by atoms with van der Waals surface area (Å²) in [6.07, 6.45) is 1.41. The summed E-state index contributed by atoms with van der Waals surface area (Å²) in [5.74, 6) is 0.233. The predicted molar refractivity (Wildman–Crippen MR) is 123 cm³/mol. The largest absolute Gasteiger partial charge is 0.494 e. The van der Waals surface area contributed by atoms with Crippen LogP contribution >= 0.6 is 39.7 Å². The fraction of sp³-hybridized carbons (Fsp3) is 0.550. The van der Waals surface area contributed by atoms with Gasteiger partial charge in [0.05, 0.1) is 34.6 Å². The van der Waals surface area contributed by atoms with E-state index in [1.807, 2.05) is 30.6 Å². The number of ether oxygens (including phenoxy) is 2. The maximum atomic E-state index is 15.0. The van der Waals surface area contributed by atoms with Gasteiger partial charge in [0, 0.05) is 13.1 Å². The molecule has 168 valence electrons. The third-order valence-electron chi connectivity index (χ3n) is 5.53. The molecule has 1 N–H and O–H groups in total. The van der Waals surface area contributed by atoms with Crippen LogP contribution in [0.25, 0.3) is 10.9 Å². The van der Waals surface area contributed by atoms with E-state index in [9.17, 15) is 4.79 Å². The molecule has 1 aromatic heterocycles. The van der Waals surface area contributed by atoms with Crippen LogP contribution in [0.1, 0.15) is 33.6 Å². The molecular weight excluding hydrogens is 511 g/mol. The van der Waals surface area contributed by atoms with Crippen molar-refractivity contribution in [3.8, 4) is 5.75 Å². The lowest BCUT2D eigenvalue weighted by molar-refractivity contribution is 0.0123. The molecule has 0 saturated carbocycles. The van der Waals surface area contributed by atoms with Gasteiger partial charge in [-0.25, -0.2) is 14.2 Å². The second-order valence-electron chi connectivity index (χ2n) is 8.77. The molecule has 1 amide bonds. The number of halogens is 3. The highest BCUT2D eigenvalue weighted by Crippen LogP contribution is 2.45. The Balaban J connectivity index is 1.76. The number of hydrogen-bond donors (Lipinski definition) is 1. The van der Waals surface area contributed by atoms with Crippen molar-refractivity contribution < 1.29 is 18.7 Å². The second-order valence-corrected chi connectivity index (χ2v) is 10.3. The molecule has 1 aromatic carbocycles. The summed E-state index contributed by atoms with van der Waals surface area (Å²) in [6, 6.07) is -0.0741. The van der Waals surface area contributed by atoms with Gasteiger partial charge in [-0.2, -0.15) is 0 Å². The van der Waals surface area contributed by atoms with Crippen molar-refractivity contribution in [2.45, 2.75) is 51.3 Å². The van der Waals surface area contributed by atoms with E-state index in [4.69, 9.17) is 33.3 Å². The average molecular weight is 534 g/mol. The van der Waals surface area contributed by atoms with Crippen LogP contribution in [0, 0.1) is 10.6 Å². The monoisotopic (exact) mass is 532 g/mol.